The fraction of sp³-hybridized carbons (Fsp3) is 0.0213. The minimum absolute atomic E-state index is 1.22. The van der Waals surface area contributed by atoms with Gasteiger partial charge in [0, 0.05) is 0 Å². The van der Waals surface area contributed by atoms with E-state index in [9.17, 15) is 0 Å². The van der Waals surface area contributed by atoms with E-state index in [1.165, 1.54) is 93.2 Å². The summed E-state index contributed by atoms with van der Waals surface area (Å²) < 4.78 is 0. The van der Waals surface area contributed by atoms with Crippen LogP contribution in [0.15, 0.2) is 176 Å². The van der Waals surface area contributed by atoms with E-state index in [1.54, 1.807) is 0 Å². The fourth-order valence-electron chi connectivity index (χ4n) is 7.54. The van der Waals surface area contributed by atoms with E-state index < -0.39 is 0 Å². The average molecular weight is 597 g/mol. The van der Waals surface area contributed by atoms with Crippen LogP contribution in [-0.4, -0.2) is 0 Å². The molecule has 47 heavy (non-hydrogen) atoms. The van der Waals surface area contributed by atoms with Crippen molar-refractivity contribution in [2.45, 2.75) is 6.92 Å². The molecule has 9 aromatic rings. The van der Waals surface area contributed by atoms with Crippen molar-refractivity contribution in [2.75, 3.05) is 0 Å². The Morgan fingerprint density at radius 2 is 0.702 bits per heavy atom. The van der Waals surface area contributed by atoms with E-state index in [0.29, 0.717) is 0 Å². The van der Waals surface area contributed by atoms with Crippen LogP contribution in [0.1, 0.15) is 5.56 Å². The topological polar surface area (TPSA) is 0 Å². The third kappa shape index (κ3) is 4.61. The lowest BCUT2D eigenvalue weighted by Gasteiger charge is -2.18. The quantitative estimate of drug-likeness (QED) is 0.177. The van der Waals surface area contributed by atoms with Crippen LogP contribution >= 0.6 is 0 Å². The Morgan fingerprint density at radius 3 is 1.28 bits per heavy atom. The Labute approximate surface area is 275 Å². The molecule has 9 rings (SSSR count). The molecule has 0 spiro atoms. The van der Waals surface area contributed by atoms with Gasteiger partial charge in [-0.15, -0.1) is 0 Å². The molecule has 0 fully saturated rings. The molecule has 9 aromatic carbocycles. The van der Waals surface area contributed by atoms with Crippen LogP contribution in [0, 0.1) is 6.92 Å². The Bertz CT molecular complexity index is 2560. The molecule has 0 heterocycles. The molecule has 0 nitrogen and oxygen atoms in total. The predicted molar refractivity (Wildman–Crippen MR) is 203 cm³/mol. The summed E-state index contributed by atoms with van der Waals surface area (Å²) >= 11 is 0. The van der Waals surface area contributed by atoms with Crippen molar-refractivity contribution in [3.8, 4) is 44.5 Å². The Kier molecular flexibility index (Phi) is 6.47. The Balaban J connectivity index is 1.23. The van der Waals surface area contributed by atoms with Gasteiger partial charge in [-0.3, -0.25) is 0 Å². The SMILES string of the molecule is Cc1cccc(-c2c3ccccc3c(-c3ccc4cccc(-c5ccc(-c6cccc7ccccc67)cc5)c4c3)c3ccccc23)c1. The summed E-state index contributed by atoms with van der Waals surface area (Å²) in [6.45, 7) is 2.17. The van der Waals surface area contributed by atoms with Gasteiger partial charge in [-0.25, -0.2) is 0 Å². The summed E-state index contributed by atoms with van der Waals surface area (Å²) in [5.41, 5.74) is 11.3. The second-order valence-corrected chi connectivity index (χ2v) is 12.6. The van der Waals surface area contributed by atoms with E-state index in [2.05, 4.69) is 183 Å². The van der Waals surface area contributed by atoms with Crippen LogP contribution in [0.25, 0.3) is 87.6 Å². The Hall–Kier alpha value is -5.98. The molecule has 0 heteroatoms. The molecule has 0 aliphatic rings. The summed E-state index contributed by atoms with van der Waals surface area (Å²) in [5, 5.41) is 10.2. The molecule has 0 radical (unpaired) electrons. The fourth-order valence-corrected chi connectivity index (χ4v) is 7.54. The zero-order valence-corrected chi connectivity index (χ0v) is 26.2. The van der Waals surface area contributed by atoms with Gasteiger partial charge >= 0.3 is 0 Å². The average Bonchev–Trinajstić information content (AvgIpc) is 3.13. The Morgan fingerprint density at radius 1 is 0.277 bits per heavy atom. The van der Waals surface area contributed by atoms with Gasteiger partial charge in [0.05, 0.1) is 0 Å². The maximum absolute atomic E-state index is 2.41. The van der Waals surface area contributed by atoms with Crippen molar-refractivity contribution in [2.24, 2.45) is 0 Å². The van der Waals surface area contributed by atoms with Gasteiger partial charge in [-0.2, -0.15) is 0 Å². The molecule has 0 amide bonds. The highest BCUT2D eigenvalue weighted by molar-refractivity contribution is 6.22. The normalized spacial score (nSPS) is 11.5. The molecule has 0 saturated carbocycles. The zero-order chi connectivity index (χ0) is 31.3. The van der Waals surface area contributed by atoms with Gasteiger partial charge in [0.1, 0.15) is 0 Å². The van der Waals surface area contributed by atoms with Gasteiger partial charge in [0.25, 0.3) is 0 Å². The first-order valence-corrected chi connectivity index (χ1v) is 16.4. The minimum Gasteiger partial charge on any atom is -0.0616 e. The summed E-state index contributed by atoms with van der Waals surface area (Å²) in [6.07, 6.45) is 0. The lowest BCUT2D eigenvalue weighted by molar-refractivity contribution is 1.47. The highest BCUT2D eigenvalue weighted by atomic mass is 14.2. The number of hydrogen-bond donors (Lipinski definition) is 0. The molecule has 0 aromatic heterocycles. The number of benzene rings is 9. The molecule has 220 valence electrons. The van der Waals surface area contributed by atoms with E-state index in [-0.39, 0.29) is 0 Å². The molecule has 0 aliphatic heterocycles. The van der Waals surface area contributed by atoms with Crippen molar-refractivity contribution < 1.29 is 0 Å². The minimum atomic E-state index is 1.22. The van der Waals surface area contributed by atoms with Gasteiger partial charge in [0.2, 0.25) is 0 Å². The molecule has 0 saturated heterocycles. The van der Waals surface area contributed by atoms with Crippen molar-refractivity contribution in [3.05, 3.63) is 181 Å². The third-order valence-electron chi connectivity index (χ3n) is 9.71. The second-order valence-electron chi connectivity index (χ2n) is 12.6. The largest absolute Gasteiger partial charge is 0.0616 e. The first-order chi connectivity index (χ1) is 23.2. The van der Waals surface area contributed by atoms with Crippen molar-refractivity contribution in [3.63, 3.8) is 0 Å². The van der Waals surface area contributed by atoms with E-state index in [4.69, 9.17) is 0 Å². The monoisotopic (exact) mass is 596 g/mol. The van der Waals surface area contributed by atoms with Crippen molar-refractivity contribution in [1.29, 1.82) is 0 Å². The molecular weight excluding hydrogens is 565 g/mol. The number of fused-ring (bicyclic) bond motifs is 4. The summed E-state index contributed by atoms with van der Waals surface area (Å²) in [5.74, 6) is 0. The van der Waals surface area contributed by atoms with Crippen molar-refractivity contribution >= 4 is 43.1 Å². The van der Waals surface area contributed by atoms with Crippen molar-refractivity contribution in [1.82, 2.24) is 0 Å². The highest BCUT2D eigenvalue weighted by Gasteiger charge is 2.17. The third-order valence-corrected chi connectivity index (χ3v) is 9.71. The lowest BCUT2D eigenvalue weighted by atomic mass is 9.85. The van der Waals surface area contributed by atoms with Crippen LogP contribution in [0.4, 0.5) is 0 Å². The van der Waals surface area contributed by atoms with Gasteiger partial charge in [-0.1, -0.05) is 175 Å². The van der Waals surface area contributed by atoms with E-state index in [0.717, 1.165) is 0 Å². The summed E-state index contributed by atoms with van der Waals surface area (Å²) in [6, 6.07) is 64.7. The van der Waals surface area contributed by atoms with Crippen LogP contribution in [-0.2, 0) is 0 Å². The molecule has 0 unspecified atom stereocenters. The predicted octanol–water partition coefficient (Wildman–Crippen LogP) is 13.3. The maximum Gasteiger partial charge on any atom is -0.00261 e. The lowest BCUT2D eigenvalue weighted by Crippen LogP contribution is -1.91. The molecular formula is C47H32. The molecule has 0 aliphatic carbocycles. The highest BCUT2D eigenvalue weighted by Crippen LogP contribution is 2.45. The first-order valence-electron chi connectivity index (χ1n) is 16.4. The summed E-state index contributed by atoms with van der Waals surface area (Å²) in [4.78, 5) is 0. The number of aryl methyl sites for hydroxylation is 1. The van der Waals surface area contributed by atoms with Crippen LogP contribution in [0.3, 0.4) is 0 Å². The van der Waals surface area contributed by atoms with Gasteiger partial charge in [-0.05, 0) is 101 Å². The number of rotatable bonds is 4. The van der Waals surface area contributed by atoms with Gasteiger partial charge < -0.3 is 0 Å². The maximum atomic E-state index is 2.41. The number of hydrogen-bond acceptors (Lipinski definition) is 0. The second kappa shape index (κ2) is 11.1. The zero-order valence-electron chi connectivity index (χ0n) is 26.2. The molecule has 0 atom stereocenters. The van der Waals surface area contributed by atoms with Gasteiger partial charge in [0.15, 0.2) is 0 Å². The smallest absolute Gasteiger partial charge is 0.00261 e. The van der Waals surface area contributed by atoms with Crippen LogP contribution in [0.5, 0.6) is 0 Å². The molecule has 0 N–H and O–H groups in total. The van der Waals surface area contributed by atoms with E-state index >= 15 is 0 Å². The van der Waals surface area contributed by atoms with Crippen LogP contribution < -0.4 is 0 Å². The van der Waals surface area contributed by atoms with E-state index in [1.807, 2.05) is 0 Å². The van der Waals surface area contributed by atoms with Crippen LogP contribution in [0.2, 0.25) is 0 Å². The summed E-state index contributed by atoms with van der Waals surface area (Å²) in [7, 11) is 0. The first kappa shape index (κ1) is 27.3. The standard InChI is InChI=1S/C47H32/c1-31-11-8-15-36(29-31)46-41-17-4-6-19-43(41)47(44-20-7-5-18-42(44)46)37-28-27-33-14-10-22-40(45(33)30-37)35-25-23-34(24-26-35)39-21-9-13-32-12-2-3-16-38(32)39/h2-30H,1H3. The molecule has 0 bridgehead atoms.